The van der Waals surface area contributed by atoms with Gasteiger partial charge in [0.05, 0.1) is 6.61 Å². The molecule has 96 valence electrons. The predicted molar refractivity (Wildman–Crippen MR) is 68.8 cm³/mol. The number of nitrogens with one attached hydrogen (secondary N) is 1. The van der Waals surface area contributed by atoms with E-state index < -0.39 is 0 Å². The average Bonchev–Trinajstić information content (AvgIpc) is 2.81. The van der Waals surface area contributed by atoms with Crippen LogP contribution in [0.25, 0.3) is 0 Å². The second-order valence-electron chi connectivity index (χ2n) is 4.97. The zero-order valence-corrected chi connectivity index (χ0v) is 11.4. The Morgan fingerprint density at radius 2 is 1.94 bits per heavy atom. The van der Waals surface area contributed by atoms with E-state index in [0.29, 0.717) is 6.04 Å². The van der Waals surface area contributed by atoms with Gasteiger partial charge in [-0.25, -0.2) is 0 Å². The lowest BCUT2D eigenvalue weighted by molar-refractivity contribution is 0.0410. The Hall–Kier alpha value is -0.120. The van der Waals surface area contributed by atoms with Crippen LogP contribution in [0.5, 0.6) is 0 Å². The Morgan fingerprint density at radius 3 is 2.38 bits per heavy atom. The molecule has 1 N–H and O–H groups in total. The summed E-state index contributed by atoms with van der Waals surface area (Å²) >= 11 is 0. The highest BCUT2D eigenvalue weighted by Gasteiger charge is 2.38. The van der Waals surface area contributed by atoms with E-state index in [0.717, 1.165) is 13.2 Å². The van der Waals surface area contributed by atoms with E-state index in [4.69, 9.17) is 4.74 Å². The van der Waals surface area contributed by atoms with Gasteiger partial charge in [-0.15, -0.1) is 0 Å². The number of hydrogen-bond donors (Lipinski definition) is 1. The third-order valence-electron chi connectivity index (χ3n) is 4.08. The summed E-state index contributed by atoms with van der Waals surface area (Å²) in [6, 6.07) is 0.436. The molecule has 0 aromatic rings. The van der Waals surface area contributed by atoms with Crippen LogP contribution in [-0.2, 0) is 4.74 Å². The molecule has 0 saturated carbocycles. The molecule has 0 aliphatic carbocycles. The first-order valence-electron chi connectivity index (χ1n) is 6.66. The van der Waals surface area contributed by atoms with E-state index in [1.807, 2.05) is 0 Å². The SMILES string of the molecule is CCNC(COC)C(C)(CC)N1CCCC1. The van der Waals surface area contributed by atoms with Gasteiger partial charge in [0.1, 0.15) is 0 Å². The second-order valence-corrected chi connectivity index (χ2v) is 4.97. The molecular formula is C13H28N2O. The molecule has 1 heterocycles. The zero-order valence-electron chi connectivity index (χ0n) is 11.4. The highest BCUT2D eigenvalue weighted by Crippen LogP contribution is 2.28. The van der Waals surface area contributed by atoms with Crippen molar-refractivity contribution < 1.29 is 4.74 Å². The summed E-state index contributed by atoms with van der Waals surface area (Å²) in [6.45, 7) is 11.1. The van der Waals surface area contributed by atoms with Crippen molar-refractivity contribution >= 4 is 0 Å². The molecule has 3 nitrogen and oxygen atoms in total. The number of likely N-dealkylation sites (N-methyl/N-ethyl adjacent to an activating group) is 1. The molecule has 16 heavy (non-hydrogen) atoms. The van der Waals surface area contributed by atoms with Crippen molar-refractivity contribution in [3.63, 3.8) is 0 Å². The van der Waals surface area contributed by atoms with Crippen molar-refractivity contribution in [2.45, 2.75) is 51.6 Å². The van der Waals surface area contributed by atoms with Crippen LogP contribution in [0.4, 0.5) is 0 Å². The van der Waals surface area contributed by atoms with Gasteiger partial charge >= 0.3 is 0 Å². The Morgan fingerprint density at radius 1 is 1.31 bits per heavy atom. The van der Waals surface area contributed by atoms with E-state index in [1.165, 1.54) is 32.4 Å². The summed E-state index contributed by atoms with van der Waals surface area (Å²) in [6.07, 6.45) is 3.87. The van der Waals surface area contributed by atoms with Gasteiger partial charge in [-0.1, -0.05) is 13.8 Å². The van der Waals surface area contributed by atoms with Gasteiger partial charge in [-0.2, -0.15) is 0 Å². The normalized spacial score (nSPS) is 23.2. The summed E-state index contributed by atoms with van der Waals surface area (Å²) in [5.74, 6) is 0. The molecule has 0 bridgehead atoms. The predicted octanol–water partition coefficient (Wildman–Crippen LogP) is 1.88. The van der Waals surface area contributed by atoms with Gasteiger partial charge in [0, 0.05) is 18.7 Å². The molecule has 2 unspecified atom stereocenters. The molecule has 1 aliphatic heterocycles. The fourth-order valence-corrected chi connectivity index (χ4v) is 2.79. The molecule has 1 saturated heterocycles. The van der Waals surface area contributed by atoms with E-state index in [9.17, 15) is 0 Å². The zero-order chi connectivity index (χ0) is 12.0. The minimum absolute atomic E-state index is 0.239. The van der Waals surface area contributed by atoms with Gasteiger partial charge in [0.25, 0.3) is 0 Å². The van der Waals surface area contributed by atoms with Crippen LogP contribution in [0.3, 0.4) is 0 Å². The number of rotatable bonds is 7. The molecule has 1 rings (SSSR count). The molecular weight excluding hydrogens is 200 g/mol. The van der Waals surface area contributed by atoms with Gasteiger partial charge < -0.3 is 10.1 Å². The smallest absolute Gasteiger partial charge is 0.0633 e. The Labute approximate surface area is 101 Å². The quantitative estimate of drug-likeness (QED) is 0.720. The number of likely N-dealkylation sites (tertiary alicyclic amines) is 1. The minimum atomic E-state index is 0.239. The van der Waals surface area contributed by atoms with Crippen LogP contribution in [0.1, 0.15) is 40.0 Å². The van der Waals surface area contributed by atoms with Crippen molar-refractivity contribution in [1.82, 2.24) is 10.2 Å². The Balaban J connectivity index is 2.72. The van der Waals surface area contributed by atoms with E-state index >= 15 is 0 Å². The second kappa shape index (κ2) is 6.58. The lowest BCUT2D eigenvalue weighted by atomic mass is 9.87. The highest BCUT2D eigenvalue weighted by molar-refractivity contribution is 4.97. The molecule has 2 atom stereocenters. The lowest BCUT2D eigenvalue weighted by Gasteiger charge is -2.44. The maximum absolute atomic E-state index is 5.37. The largest absolute Gasteiger partial charge is 0.383 e. The van der Waals surface area contributed by atoms with Crippen LogP contribution in [0.2, 0.25) is 0 Å². The van der Waals surface area contributed by atoms with Crippen LogP contribution in [-0.4, -0.2) is 49.8 Å². The summed E-state index contributed by atoms with van der Waals surface area (Å²) in [7, 11) is 1.80. The highest BCUT2D eigenvalue weighted by atomic mass is 16.5. The fourth-order valence-electron chi connectivity index (χ4n) is 2.79. The molecule has 3 heteroatoms. The summed E-state index contributed by atoms with van der Waals surface area (Å²) in [4.78, 5) is 2.64. The Bertz CT molecular complexity index is 186. The van der Waals surface area contributed by atoms with Crippen molar-refractivity contribution in [2.24, 2.45) is 0 Å². The monoisotopic (exact) mass is 228 g/mol. The first kappa shape index (κ1) is 13.9. The van der Waals surface area contributed by atoms with E-state index in [-0.39, 0.29) is 5.54 Å². The lowest BCUT2D eigenvalue weighted by Crippen LogP contribution is -2.60. The Kier molecular flexibility index (Phi) is 5.73. The van der Waals surface area contributed by atoms with Gasteiger partial charge in [-0.05, 0) is 45.8 Å². The van der Waals surface area contributed by atoms with E-state index in [1.54, 1.807) is 7.11 Å². The van der Waals surface area contributed by atoms with Gasteiger partial charge in [-0.3, -0.25) is 4.90 Å². The topological polar surface area (TPSA) is 24.5 Å². The molecule has 0 amide bonds. The van der Waals surface area contributed by atoms with Crippen LogP contribution in [0.15, 0.2) is 0 Å². The minimum Gasteiger partial charge on any atom is -0.383 e. The summed E-state index contributed by atoms with van der Waals surface area (Å²) in [5.41, 5.74) is 0.239. The van der Waals surface area contributed by atoms with Crippen LogP contribution < -0.4 is 5.32 Å². The maximum atomic E-state index is 5.37. The molecule has 1 aliphatic rings. The first-order valence-corrected chi connectivity index (χ1v) is 6.66. The van der Waals surface area contributed by atoms with Crippen molar-refractivity contribution in [3.8, 4) is 0 Å². The number of hydrogen-bond acceptors (Lipinski definition) is 3. The van der Waals surface area contributed by atoms with E-state index in [2.05, 4.69) is 31.0 Å². The molecule has 1 fully saturated rings. The van der Waals surface area contributed by atoms with Gasteiger partial charge in [0.15, 0.2) is 0 Å². The maximum Gasteiger partial charge on any atom is 0.0633 e. The molecule has 0 aromatic heterocycles. The number of methoxy groups -OCH3 is 1. The molecule has 0 aromatic carbocycles. The third kappa shape index (κ3) is 2.96. The summed E-state index contributed by atoms with van der Waals surface area (Å²) in [5, 5.41) is 3.59. The number of ether oxygens (including phenoxy) is 1. The standard InChI is InChI=1S/C13H28N2O/c1-5-13(3,15-9-7-8-10-15)12(11-16-4)14-6-2/h12,14H,5-11H2,1-4H3. The number of nitrogens with zero attached hydrogens (tertiary/aromatic N) is 1. The summed E-state index contributed by atoms with van der Waals surface area (Å²) < 4.78 is 5.37. The van der Waals surface area contributed by atoms with Crippen LogP contribution >= 0.6 is 0 Å². The van der Waals surface area contributed by atoms with Crippen molar-refractivity contribution in [1.29, 1.82) is 0 Å². The van der Waals surface area contributed by atoms with Crippen molar-refractivity contribution in [3.05, 3.63) is 0 Å². The third-order valence-corrected chi connectivity index (χ3v) is 4.08. The van der Waals surface area contributed by atoms with Crippen LogP contribution in [0, 0.1) is 0 Å². The first-order chi connectivity index (χ1) is 7.69. The van der Waals surface area contributed by atoms with Crippen molar-refractivity contribution in [2.75, 3.05) is 33.4 Å². The van der Waals surface area contributed by atoms with Gasteiger partial charge in [0.2, 0.25) is 0 Å². The average molecular weight is 228 g/mol. The molecule has 0 spiro atoms. The fraction of sp³-hybridized carbons (Fsp3) is 1.00. The molecule has 0 radical (unpaired) electrons.